The van der Waals surface area contributed by atoms with Crippen LogP contribution in [0.4, 0.5) is 8.78 Å². The molecule has 0 bridgehead atoms. The highest BCUT2D eigenvalue weighted by Gasteiger charge is 2.15. The van der Waals surface area contributed by atoms with Crippen LogP contribution in [0.1, 0.15) is 25.3 Å². The summed E-state index contributed by atoms with van der Waals surface area (Å²) in [5, 5.41) is 0. The highest BCUT2D eigenvalue weighted by Crippen LogP contribution is 2.25. The summed E-state index contributed by atoms with van der Waals surface area (Å²) in [5.41, 5.74) is 4.56. The standard InChI is InChI=1S/C14H17F2NO3/c1-3-4-7-20-12-6-5-10(15)9(13(12)16)8-11(17)14(18)19-2/h5-6,8H,3-4,7,17H2,1-2H3/b11-8-. The maximum absolute atomic E-state index is 14.1. The molecule has 0 amide bonds. The van der Waals surface area contributed by atoms with Gasteiger partial charge < -0.3 is 15.2 Å². The fraction of sp³-hybridized carbons (Fsp3) is 0.357. The van der Waals surface area contributed by atoms with E-state index in [4.69, 9.17) is 10.5 Å². The van der Waals surface area contributed by atoms with E-state index < -0.39 is 28.9 Å². The molecule has 1 rings (SSSR count). The number of methoxy groups -OCH3 is 1. The summed E-state index contributed by atoms with van der Waals surface area (Å²) in [4.78, 5) is 11.1. The van der Waals surface area contributed by atoms with Gasteiger partial charge in [0, 0.05) is 0 Å². The Morgan fingerprint density at radius 3 is 2.70 bits per heavy atom. The number of nitrogens with two attached hydrogens (primary N) is 1. The van der Waals surface area contributed by atoms with Gasteiger partial charge in [0.15, 0.2) is 11.6 Å². The topological polar surface area (TPSA) is 61.5 Å². The quantitative estimate of drug-likeness (QED) is 0.496. The van der Waals surface area contributed by atoms with Gasteiger partial charge in [-0.1, -0.05) is 13.3 Å². The summed E-state index contributed by atoms with van der Waals surface area (Å²) >= 11 is 0. The van der Waals surface area contributed by atoms with Gasteiger partial charge in [0.25, 0.3) is 0 Å². The van der Waals surface area contributed by atoms with Gasteiger partial charge in [-0.25, -0.2) is 13.6 Å². The second-order valence-corrected chi connectivity index (χ2v) is 4.07. The van der Waals surface area contributed by atoms with Crippen molar-refractivity contribution >= 4 is 12.0 Å². The van der Waals surface area contributed by atoms with Gasteiger partial charge in [-0.05, 0) is 24.6 Å². The van der Waals surface area contributed by atoms with Crippen molar-refractivity contribution < 1.29 is 23.0 Å². The Hall–Kier alpha value is -2.11. The van der Waals surface area contributed by atoms with Gasteiger partial charge in [-0.3, -0.25) is 0 Å². The average molecular weight is 285 g/mol. The Bertz CT molecular complexity index is 515. The van der Waals surface area contributed by atoms with Crippen LogP contribution in [0.3, 0.4) is 0 Å². The molecule has 0 aliphatic rings. The summed E-state index contributed by atoms with van der Waals surface area (Å²) in [7, 11) is 1.13. The van der Waals surface area contributed by atoms with Crippen molar-refractivity contribution in [2.75, 3.05) is 13.7 Å². The number of benzene rings is 1. The summed E-state index contributed by atoms with van der Waals surface area (Å²) in [6.45, 7) is 2.30. The predicted molar refractivity (Wildman–Crippen MR) is 70.9 cm³/mol. The molecule has 0 aromatic heterocycles. The highest BCUT2D eigenvalue weighted by molar-refractivity contribution is 5.92. The largest absolute Gasteiger partial charge is 0.490 e. The van der Waals surface area contributed by atoms with Crippen molar-refractivity contribution in [3.63, 3.8) is 0 Å². The van der Waals surface area contributed by atoms with Crippen LogP contribution in [0, 0.1) is 11.6 Å². The fourth-order valence-electron chi connectivity index (χ4n) is 1.45. The Morgan fingerprint density at radius 2 is 2.10 bits per heavy atom. The summed E-state index contributed by atoms with van der Waals surface area (Å²) in [6.07, 6.45) is 2.54. The minimum atomic E-state index is -0.895. The lowest BCUT2D eigenvalue weighted by Crippen LogP contribution is -2.13. The molecule has 6 heteroatoms. The van der Waals surface area contributed by atoms with Gasteiger partial charge in [0.05, 0.1) is 19.3 Å². The first-order valence-electron chi connectivity index (χ1n) is 6.17. The molecule has 0 aliphatic carbocycles. The number of hydrogen-bond acceptors (Lipinski definition) is 4. The zero-order valence-electron chi connectivity index (χ0n) is 11.4. The number of unbranched alkanes of at least 4 members (excludes halogenated alkanes) is 1. The van der Waals surface area contributed by atoms with Crippen molar-refractivity contribution in [2.24, 2.45) is 5.73 Å². The molecule has 0 saturated carbocycles. The lowest BCUT2D eigenvalue weighted by Gasteiger charge is -2.09. The van der Waals surface area contributed by atoms with Crippen LogP contribution in [0.25, 0.3) is 6.08 Å². The molecule has 0 spiro atoms. The number of rotatable bonds is 6. The number of halogens is 2. The van der Waals surface area contributed by atoms with E-state index in [1.54, 1.807) is 0 Å². The van der Waals surface area contributed by atoms with Crippen LogP contribution < -0.4 is 10.5 Å². The number of carbonyl (C=O) groups is 1. The molecule has 0 unspecified atom stereocenters. The molecule has 0 atom stereocenters. The third kappa shape index (κ3) is 3.94. The van der Waals surface area contributed by atoms with Gasteiger partial charge in [-0.2, -0.15) is 0 Å². The van der Waals surface area contributed by atoms with Gasteiger partial charge in [0.2, 0.25) is 0 Å². The summed E-state index contributed by atoms with van der Waals surface area (Å²) in [6, 6.07) is 2.26. The van der Waals surface area contributed by atoms with E-state index in [0.29, 0.717) is 6.61 Å². The zero-order chi connectivity index (χ0) is 15.1. The van der Waals surface area contributed by atoms with Crippen LogP contribution in [0.5, 0.6) is 5.75 Å². The molecule has 20 heavy (non-hydrogen) atoms. The van der Waals surface area contributed by atoms with Gasteiger partial charge in [-0.15, -0.1) is 0 Å². The molecule has 1 aromatic rings. The van der Waals surface area contributed by atoms with Crippen LogP contribution in [-0.2, 0) is 9.53 Å². The average Bonchev–Trinajstić information content (AvgIpc) is 2.44. The second kappa shape index (κ2) is 7.47. The minimum absolute atomic E-state index is 0.0798. The maximum atomic E-state index is 14.1. The number of ether oxygens (including phenoxy) is 2. The van der Waals surface area contributed by atoms with Crippen LogP contribution >= 0.6 is 0 Å². The zero-order valence-corrected chi connectivity index (χ0v) is 11.4. The van der Waals surface area contributed by atoms with Gasteiger partial charge >= 0.3 is 5.97 Å². The third-order valence-electron chi connectivity index (χ3n) is 2.57. The van der Waals surface area contributed by atoms with E-state index in [9.17, 15) is 13.6 Å². The molecular formula is C14H17F2NO3. The van der Waals surface area contributed by atoms with E-state index in [1.165, 1.54) is 6.07 Å². The third-order valence-corrected chi connectivity index (χ3v) is 2.57. The normalized spacial score (nSPS) is 11.3. The molecule has 0 heterocycles. The molecular weight excluding hydrogens is 268 g/mol. The van der Waals surface area contributed by atoms with Crippen molar-refractivity contribution in [1.82, 2.24) is 0 Å². The molecule has 2 N–H and O–H groups in total. The van der Waals surface area contributed by atoms with E-state index in [0.717, 1.165) is 32.1 Å². The summed E-state index contributed by atoms with van der Waals surface area (Å²) in [5.74, 6) is -2.67. The first-order valence-corrected chi connectivity index (χ1v) is 6.17. The predicted octanol–water partition coefficient (Wildman–Crippen LogP) is 2.62. The van der Waals surface area contributed by atoms with E-state index in [-0.39, 0.29) is 5.75 Å². The Labute approximate surface area is 116 Å². The van der Waals surface area contributed by atoms with Crippen molar-refractivity contribution in [3.05, 3.63) is 35.0 Å². The van der Waals surface area contributed by atoms with E-state index in [2.05, 4.69) is 4.74 Å². The molecule has 110 valence electrons. The van der Waals surface area contributed by atoms with Gasteiger partial charge in [0.1, 0.15) is 11.5 Å². The monoisotopic (exact) mass is 285 g/mol. The SMILES string of the molecule is CCCCOc1ccc(F)c(/C=C(\N)C(=O)OC)c1F. The Morgan fingerprint density at radius 1 is 1.40 bits per heavy atom. The minimum Gasteiger partial charge on any atom is -0.490 e. The van der Waals surface area contributed by atoms with Crippen LogP contribution in [-0.4, -0.2) is 19.7 Å². The number of esters is 1. The first kappa shape index (κ1) is 15.9. The smallest absolute Gasteiger partial charge is 0.353 e. The molecule has 0 fully saturated rings. The first-order chi connectivity index (χ1) is 9.51. The van der Waals surface area contributed by atoms with E-state index in [1.807, 2.05) is 6.92 Å². The summed E-state index contributed by atoms with van der Waals surface area (Å²) < 4.78 is 37.2. The molecule has 0 saturated heterocycles. The Balaban J connectivity index is 3.06. The maximum Gasteiger partial charge on any atom is 0.353 e. The highest BCUT2D eigenvalue weighted by atomic mass is 19.1. The number of hydrogen-bond donors (Lipinski definition) is 1. The molecule has 0 radical (unpaired) electrons. The second-order valence-electron chi connectivity index (χ2n) is 4.07. The van der Waals surface area contributed by atoms with Crippen molar-refractivity contribution in [1.29, 1.82) is 0 Å². The lowest BCUT2D eigenvalue weighted by molar-refractivity contribution is -0.136. The van der Waals surface area contributed by atoms with Crippen LogP contribution in [0.2, 0.25) is 0 Å². The number of carbonyl (C=O) groups excluding carboxylic acids is 1. The molecule has 4 nitrogen and oxygen atoms in total. The van der Waals surface area contributed by atoms with Crippen molar-refractivity contribution in [2.45, 2.75) is 19.8 Å². The Kier molecular flexibility index (Phi) is 5.96. The molecule has 0 aliphatic heterocycles. The van der Waals surface area contributed by atoms with Crippen LogP contribution in [0.15, 0.2) is 17.8 Å². The van der Waals surface area contributed by atoms with Crippen molar-refractivity contribution in [3.8, 4) is 5.75 Å². The van der Waals surface area contributed by atoms with E-state index >= 15 is 0 Å². The lowest BCUT2D eigenvalue weighted by atomic mass is 10.1. The molecule has 1 aromatic carbocycles. The fourth-order valence-corrected chi connectivity index (χ4v) is 1.45.